The van der Waals surface area contributed by atoms with Crippen molar-refractivity contribution in [2.75, 3.05) is 0 Å². The molecule has 0 atom stereocenters. The highest BCUT2D eigenvalue weighted by Crippen LogP contribution is 2.29. The van der Waals surface area contributed by atoms with Crippen LogP contribution < -0.4 is 4.74 Å². The zero-order valence-corrected chi connectivity index (χ0v) is 13.0. The second kappa shape index (κ2) is 5.92. The average Bonchev–Trinajstić information content (AvgIpc) is 3.23. The van der Waals surface area contributed by atoms with Crippen LogP contribution in [0.3, 0.4) is 0 Å². The Labute approximate surface area is 142 Å². The van der Waals surface area contributed by atoms with Crippen LogP contribution >= 0.6 is 0 Å². The lowest BCUT2D eigenvalue weighted by Crippen LogP contribution is -1.99. The van der Waals surface area contributed by atoms with Crippen molar-refractivity contribution < 1.29 is 23.8 Å². The van der Waals surface area contributed by atoms with Crippen molar-refractivity contribution in [2.24, 2.45) is 0 Å². The van der Waals surface area contributed by atoms with Crippen LogP contribution in [0.25, 0.3) is 11.1 Å². The van der Waals surface area contributed by atoms with Gasteiger partial charge in [0, 0.05) is 0 Å². The van der Waals surface area contributed by atoms with E-state index < -0.39 is 5.97 Å². The molecule has 0 saturated carbocycles. The summed E-state index contributed by atoms with van der Waals surface area (Å²) in [5.41, 5.74) is 3.47. The van der Waals surface area contributed by atoms with E-state index in [0.717, 1.165) is 11.1 Å². The van der Waals surface area contributed by atoms with Gasteiger partial charge < -0.3 is 19.0 Å². The van der Waals surface area contributed by atoms with Crippen LogP contribution in [-0.4, -0.2) is 16.1 Å². The monoisotopic (exact) mass is 336 g/mol. The second-order valence-electron chi connectivity index (χ2n) is 5.61. The molecule has 0 spiro atoms. The number of nitrogens with zero attached hydrogens (tertiary/aromatic N) is 2. The summed E-state index contributed by atoms with van der Waals surface area (Å²) in [4.78, 5) is 15.3. The van der Waals surface area contributed by atoms with Crippen LogP contribution in [0.2, 0.25) is 0 Å². The number of rotatable bonds is 4. The zero-order valence-electron chi connectivity index (χ0n) is 13.0. The maximum atomic E-state index is 11.0. The molecule has 0 aliphatic carbocycles. The fourth-order valence-corrected chi connectivity index (χ4v) is 2.72. The molecule has 3 aromatic rings. The van der Waals surface area contributed by atoms with E-state index in [1.54, 1.807) is 18.2 Å². The Hall–Kier alpha value is -3.37. The van der Waals surface area contributed by atoms with Gasteiger partial charge >= 0.3 is 5.97 Å². The first kappa shape index (κ1) is 15.2. The third-order valence-electron chi connectivity index (χ3n) is 3.97. The van der Waals surface area contributed by atoms with E-state index in [1.165, 1.54) is 12.1 Å². The summed E-state index contributed by atoms with van der Waals surface area (Å²) in [6.07, 6.45) is 0. The van der Waals surface area contributed by atoms with E-state index in [-0.39, 0.29) is 12.2 Å². The van der Waals surface area contributed by atoms with Gasteiger partial charge in [-0.1, -0.05) is 0 Å². The van der Waals surface area contributed by atoms with Gasteiger partial charge in [-0.3, -0.25) is 0 Å². The Balaban J connectivity index is 1.58. The molecule has 2 aromatic carbocycles. The van der Waals surface area contributed by atoms with E-state index >= 15 is 0 Å². The fraction of sp³-hybridized carbons (Fsp3) is 0.167. The summed E-state index contributed by atoms with van der Waals surface area (Å²) < 4.78 is 16.6. The molecule has 0 unspecified atom stereocenters. The van der Waals surface area contributed by atoms with E-state index in [0.29, 0.717) is 41.5 Å². The van der Waals surface area contributed by atoms with Crippen LogP contribution in [-0.2, 0) is 24.6 Å². The normalized spacial score (nSPS) is 12.8. The van der Waals surface area contributed by atoms with Gasteiger partial charge in [-0.25, -0.2) is 9.78 Å². The van der Waals surface area contributed by atoms with Crippen LogP contribution in [0, 0.1) is 11.3 Å². The molecule has 7 nitrogen and oxygen atoms in total. The van der Waals surface area contributed by atoms with Gasteiger partial charge in [-0.15, -0.1) is 0 Å². The predicted molar refractivity (Wildman–Crippen MR) is 85.0 cm³/mol. The third kappa shape index (κ3) is 2.79. The number of carboxylic acid groups (broad SMARTS) is 1. The average molecular weight is 336 g/mol. The van der Waals surface area contributed by atoms with E-state index in [2.05, 4.69) is 11.1 Å². The lowest BCUT2D eigenvalue weighted by Gasteiger charge is -2.07. The molecule has 4 rings (SSSR count). The molecule has 1 aliphatic heterocycles. The number of benzene rings is 2. The van der Waals surface area contributed by atoms with Crippen LogP contribution in [0.5, 0.6) is 5.75 Å². The minimum atomic E-state index is -1.03. The summed E-state index contributed by atoms with van der Waals surface area (Å²) in [5.74, 6) is -0.284. The molecule has 1 aliphatic rings. The number of carbonyl (C=O) groups is 1. The number of hydrogen-bond acceptors (Lipinski definition) is 6. The molecule has 0 amide bonds. The van der Waals surface area contributed by atoms with Crippen LogP contribution in [0.1, 0.15) is 32.9 Å². The molecule has 2 heterocycles. The Morgan fingerprint density at radius 2 is 2.08 bits per heavy atom. The lowest BCUT2D eigenvalue weighted by molar-refractivity contribution is 0.0697. The lowest BCUT2D eigenvalue weighted by atomic mass is 10.1. The molecule has 124 valence electrons. The Morgan fingerprint density at radius 1 is 1.28 bits per heavy atom. The zero-order chi connectivity index (χ0) is 17.4. The SMILES string of the molecule is N#Cc1cc2c(cc1OCc1nc3ccc(C(=O)O)cc3o1)COC2. The van der Waals surface area contributed by atoms with Crippen molar-refractivity contribution in [3.05, 3.63) is 58.5 Å². The second-order valence-corrected chi connectivity index (χ2v) is 5.61. The maximum absolute atomic E-state index is 11.0. The molecular weight excluding hydrogens is 324 g/mol. The Kier molecular flexibility index (Phi) is 3.60. The van der Waals surface area contributed by atoms with Gasteiger partial charge in [-0.05, 0) is 41.5 Å². The van der Waals surface area contributed by atoms with Gasteiger partial charge in [0.05, 0.1) is 24.3 Å². The maximum Gasteiger partial charge on any atom is 0.335 e. The molecule has 1 aromatic heterocycles. The summed E-state index contributed by atoms with van der Waals surface area (Å²) in [5, 5.41) is 18.3. The van der Waals surface area contributed by atoms with Gasteiger partial charge in [-0.2, -0.15) is 5.26 Å². The van der Waals surface area contributed by atoms with Gasteiger partial charge in [0.15, 0.2) is 12.2 Å². The Morgan fingerprint density at radius 3 is 2.84 bits per heavy atom. The van der Waals surface area contributed by atoms with Crippen molar-refractivity contribution in [1.82, 2.24) is 4.98 Å². The molecule has 0 radical (unpaired) electrons. The number of aromatic carboxylic acids is 1. The topological polar surface area (TPSA) is 106 Å². The first-order chi connectivity index (χ1) is 12.1. The number of fused-ring (bicyclic) bond motifs is 2. The summed E-state index contributed by atoms with van der Waals surface area (Å²) in [6, 6.07) is 10.1. The number of aromatic nitrogens is 1. The van der Waals surface area contributed by atoms with Crippen molar-refractivity contribution in [2.45, 2.75) is 19.8 Å². The quantitative estimate of drug-likeness (QED) is 0.780. The standard InChI is InChI=1S/C18H12N2O5/c19-6-11-3-12-7-23-8-13(12)5-15(11)24-9-17-20-14-2-1-10(18(21)22)4-16(14)25-17/h1-5H,7-9H2,(H,21,22). The van der Waals surface area contributed by atoms with Crippen LogP contribution in [0.15, 0.2) is 34.7 Å². The number of nitriles is 1. The van der Waals surface area contributed by atoms with E-state index in [1.807, 2.05) is 0 Å². The van der Waals surface area contributed by atoms with Crippen molar-refractivity contribution in [3.63, 3.8) is 0 Å². The first-order valence-electron chi connectivity index (χ1n) is 7.53. The fourth-order valence-electron chi connectivity index (χ4n) is 2.72. The minimum absolute atomic E-state index is 0.0331. The van der Waals surface area contributed by atoms with E-state index in [4.69, 9.17) is 19.0 Å². The molecule has 25 heavy (non-hydrogen) atoms. The summed E-state index contributed by atoms with van der Waals surface area (Å²) >= 11 is 0. The highest BCUT2D eigenvalue weighted by Gasteiger charge is 2.17. The smallest absolute Gasteiger partial charge is 0.335 e. The molecule has 0 fully saturated rings. The van der Waals surface area contributed by atoms with Crippen molar-refractivity contribution in [3.8, 4) is 11.8 Å². The molecule has 0 saturated heterocycles. The number of hydrogen-bond donors (Lipinski definition) is 1. The van der Waals surface area contributed by atoms with E-state index in [9.17, 15) is 10.1 Å². The molecular formula is C18H12N2O5. The first-order valence-corrected chi connectivity index (χ1v) is 7.53. The van der Waals surface area contributed by atoms with Gasteiger partial charge in [0.25, 0.3) is 0 Å². The van der Waals surface area contributed by atoms with Gasteiger partial charge in [0.2, 0.25) is 5.89 Å². The number of oxazole rings is 1. The molecule has 0 bridgehead atoms. The molecule has 7 heteroatoms. The van der Waals surface area contributed by atoms with Crippen LogP contribution in [0.4, 0.5) is 0 Å². The predicted octanol–water partition coefficient (Wildman–Crippen LogP) is 3.01. The molecule has 1 N–H and O–H groups in total. The van der Waals surface area contributed by atoms with Gasteiger partial charge in [0.1, 0.15) is 17.3 Å². The van der Waals surface area contributed by atoms with Crippen molar-refractivity contribution in [1.29, 1.82) is 5.26 Å². The minimum Gasteiger partial charge on any atom is -0.482 e. The van der Waals surface area contributed by atoms with Crippen molar-refractivity contribution >= 4 is 17.1 Å². The highest BCUT2D eigenvalue weighted by atomic mass is 16.5. The summed E-state index contributed by atoms with van der Waals surface area (Å²) in [6.45, 7) is 1.03. The summed E-state index contributed by atoms with van der Waals surface area (Å²) in [7, 11) is 0. The Bertz CT molecular complexity index is 1030. The number of ether oxygens (including phenoxy) is 2. The third-order valence-corrected chi connectivity index (χ3v) is 3.97. The highest BCUT2D eigenvalue weighted by molar-refractivity contribution is 5.91. The number of carboxylic acids is 1. The largest absolute Gasteiger partial charge is 0.482 e.